The molecule has 1 aromatic carbocycles. The van der Waals surface area contributed by atoms with Gasteiger partial charge in [-0.15, -0.1) is 0 Å². The lowest BCUT2D eigenvalue weighted by molar-refractivity contribution is -0.152. The highest BCUT2D eigenvalue weighted by Crippen LogP contribution is 2.06. The fourth-order valence-corrected chi connectivity index (χ4v) is 2.10. The predicted molar refractivity (Wildman–Crippen MR) is 81.9 cm³/mol. The zero-order chi connectivity index (χ0) is 16.8. The lowest BCUT2D eigenvalue weighted by Crippen LogP contribution is -2.35. The van der Waals surface area contributed by atoms with E-state index in [4.69, 9.17) is 5.73 Å². The summed E-state index contributed by atoms with van der Waals surface area (Å²) in [5.74, 6) is -1.70. The molecule has 0 aliphatic heterocycles. The quantitative estimate of drug-likeness (QED) is 0.699. The first-order valence-electron chi connectivity index (χ1n) is 6.43. The first-order valence-corrected chi connectivity index (χ1v) is 7.97. The van der Waals surface area contributed by atoms with Gasteiger partial charge in [-0.2, -0.15) is 0 Å². The molecule has 1 atom stereocenters. The molecule has 0 radical (unpaired) electrons. The summed E-state index contributed by atoms with van der Waals surface area (Å²) >= 11 is 0. The molecular formula is C14H18N2O5S. The molecule has 0 spiro atoms. The summed E-state index contributed by atoms with van der Waals surface area (Å²) in [7, 11) is -3.79. The van der Waals surface area contributed by atoms with Crippen molar-refractivity contribution in [1.29, 1.82) is 0 Å². The van der Waals surface area contributed by atoms with Crippen LogP contribution in [0.15, 0.2) is 29.7 Å². The Hall–Kier alpha value is -2.19. The molecule has 0 aliphatic carbocycles. The van der Waals surface area contributed by atoms with Crippen molar-refractivity contribution in [3.8, 4) is 0 Å². The van der Waals surface area contributed by atoms with Crippen LogP contribution in [0.2, 0.25) is 0 Å². The summed E-state index contributed by atoms with van der Waals surface area (Å²) in [5, 5.41) is 0.947. The number of esters is 1. The monoisotopic (exact) mass is 326 g/mol. The van der Waals surface area contributed by atoms with Gasteiger partial charge in [0.15, 0.2) is 6.10 Å². The lowest BCUT2D eigenvalue weighted by Gasteiger charge is -2.09. The summed E-state index contributed by atoms with van der Waals surface area (Å²) < 4.78 is 30.1. The smallest absolute Gasteiger partial charge is 0.321 e. The maximum Gasteiger partial charge on any atom is 0.321 e. The molecule has 0 fully saturated rings. The zero-order valence-corrected chi connectivity index (χ0v) is 13.1. The molecule has 0 saturated carbocycles. The Morgan fingerprint density at radius 1 is 1.32 bits per heavy atom. The number of carbonyl (C=O) groups is 2. The van der Waals surface area contributed by atoms with Crippen LogP contribution < -0.4 is 10.5 Å². The first-order chi connectivity index (χ1) is 10.2. The van der Waals surface area contributed by atoms with Crippen molar-refractivity contribution in [2.24, 2.45) is 5.73 Å². The minimum Gasteiger partial charge on any atom is -0.452 e. The van der Waals surface area contributed by atoms with Crippen molar-refractivity contribution in [1.82, 2.24) is 4.72 Å². The topological polar surface area (TPSA) is 116 Å². The normalized spacial score (nSPS) is 13.0. The third-order valence-corrected chi connectivity index (χ3v) is 3.68. The van der Waals surface area contributed by atoms with E-state index in [2.05, 4.69) is 4.74 Å². The molecule has 1 amide bonds. The summed E-state index contributed by atoms with van der Waals surface area (Å²) in [5.41, 5.74) is 6.69. The number of sulfonamides is 1. The Morgan fingerprint density at radius 2 is 1.91 bits per heavy atom. The van der Waals surface area contributed by atoms with E-state index >= 15 is 0 Å². The summed E-state index contributed by atoms with van der Waals surface area (Å²) in [4.78, 5) is 22.0. The molecule has 22 heavy (non-hydrogen) atoms. The number of benzene rings is 1. The number of carbonyl (C=O) groups excluding carboxylic acids is 2. The highest BCUT2D eigenvalue weighted by Gasteiger charge is 2.16. The van der Waals surface area contributed by atoms with Gasteiger partial charge in [-0.1, -0.05) is 29.8 Å². The van der Waals surface area contributed by atoms with Crippen LogP contribution in [0.3, 0.4) is 0 Å². The molecule has 0 bridgehead atoms. The molecule has 1 aromatic rings. The highest BCUT2D eigenvalue weighted by atomic mass is 32.2. The molecule has 0 aliphatic rings. The van der Waals surface area contributed by atoms with Crippen molar-refractivity contribution in [3.05, 3.63) is 40.8 Å². The van der Waals surface area contributed by atoms with E-state index < -0.39 is 34.5 Å². The summed E-state index contributed by atoms with van der Waals surface area (Å²) in [6.45, 7) is 2.63. The van der Waals surface area contributed by atoms with Crippen LogP contribution in [-0.2, 0) is 24.3 Å². The van der Waals surface area contributed by atoms with Crippen LogP contribution in [-0.4, -0.2) is 32.9 Å². The van der Waals surface area contributed by atoms with E-state index in [1.54, 1.807) is 12.1 Å². The Labute approximate surface area is 129 Å². The van der Waals surface area contributed by atoms with E-state index in [-0.39, 0.29) is 0 Å². The van der Waals surface area contributed by atoms with Crippen LogP contribution >= 0.6 is 0 Å². The van der Waals surface area contributed by atoms with E-state index in [0.717, 1.165) is 11.0 Å². The third kappa shape index (κ3) is 6.51. The molecule has 0 aromatic heterocycles. The Balaban J connectivity index is 2.55. The SMILES string of the molecule is Cc1ccc(/C=C/S(=O)(=O)NCC(=O)O[C@@H](C)C(N)=O)cc1. The van der Waals surface area contributed by atoms with Crippen molar-refractivity contribution < 1.29 is 22.7 Å². The molecule has 7 nitrogen and oxygen atoms in total. The molecule has 8 heteroatoms. The van der Waals surface area contributed by atoms with Gasteiger partial charge in [0.05, 0.1) is 0 Å². The average Bonchev–Trinajstić information content (AvgIpc) is 2.44. The predicted octanol–water partition coefficient (Wildman–Crippen LogP) is 0.302. The largest absolute Gasteiger partial charge is 0.452 e. The van der Waals surface area contributed by atoms with Crippen LogP contribution in [0.1, 0.15) is 18.1 Å². The van der Waals surface area contributed by atoms with Crippen molar-refractivity contribution in [2.75, 3.05) is 6.54 Å². The Morgan fingerprint density at radius 3 is 2.45 bits per heavy atom. The Kier molecular flexibility index (Phi) is 6.26. The second-order valence-corrected chi connectivity index (χ2v) is 6.26. The van der Waals surface area contributed by atoms with Gasteiger partial charge in [-0.25, -0.2) is 13.1 Å². The van der Waals surface area contributed by atoms with Crippen molar-refractivity contribution in [3.63, 3.8) is 0 Å². The number of amides is 1. The minimum absolute atomic E-state index is 0.585. The second kappa shape index (κ2) is 7.71. The number of ether oxygens (including phenoxy) is 1. The van der Waals surface area contributed by atoms with Crippen molar-refractivity contribution in [2.45, 2.75) is 20.0 Å². The Bertz CT molecular complexity index is 665. The van der Waals surface area contributed by atoms with E-state index in [9.17, 15) is 18.0 Å². The van der Waals surface area contributed by atoms with Crippen LogP contribution in [0, 0.1) is 6.92 Å². The van der Waals surface area contributed by atoms with Gasteiger partial charge < -0.3 is 10.5 Å². The fourth-order valence-electron chi connectivity index (χ4n) is 1.35. The van der Waals surface area contributed by atoms with Gasteiger partial charge in [-0.3, -0.25) is 9.59 Å². The molecule has 1 rings (SSSR count). The number of hydrogen-bond donors (Lipinski definition) is 2. The number of nitrogens with two attached hydrogens (primary N) is 1. The fraction of sp³-hybridized carbons (Fsp3) is 0.286. The zero-order valence-electron chi connectivity index (χ0n) is 12.3. The molecule has 0 heterocycles. The highest BCUT2D eigenvalue weighted by molar-refractivity contribution is 7.92. The number of aryl methyl sites for hydroxylation is 1. The first kappa shape index (κ1) is 17.9. The third-order valence-electron chi connectivity index (χ3n) is 2.64. The van der Waals surface area contributed by atoms with Crippen LogP contribution in [0.25, 0.3) is 6.08 Å². The number of hydrogen-bond acceptors (Lipinski definition) is 5. The number of primary amides is 1. The molecular weight excluding hydrogens is 308 g/mol. The van der Waals surface area contributed by atoms with E-state index in [0.29, 0.717) is 5.56 Å². The van der Waals surface area contributed by atoms with Gasteiger partial charge >= 0.3 is 5.97 Å². The van der Waals surface area contributed by atoms with Gasteiger partial charge in [0.2, 0.25) is 10.0 Å². The van der Waals surface area contributed by atoms with E-state index in [1.165, 1.54) is 13.0 Å². The average molecular weight is 326 g/mol. The minimum atomic E-state index is -3.79. The standard InChI is InChI=1S/C14H18N2O5S/c1-10-3-5-12(6-4-10)7-8-22(19,20)16-9-13(17)21-11(2)14(15)18/h3-8,11,16H,9H2,1-2H3,(H2,15,18)/b8-7+/t11-/m0/s1. The van der Waals surface area contributed by atoms with Gasteiger partial charge in [0.25, 0.3) is 5.91 Å². The van der Waals surface area contributed by atoms with Gasteiger partial charge in [0, 0.05) is 5.41 Å². The summed E-state index contributed by atoms with van der Waals surface area (Å²) in [6, 6.07) is 7.24. The lowest BCUT2D eigenvalue weighted by atomic mass is 10.2. The van der Waals surface area contributed by atoms with Gasteiger partial charge in [-0.05, 0) is 25.5 Å². The summed E-state index contributed by atoms with van der Waals surface area (Å²) in [6.07, 6.45) is 0.291. The van der Waals surface area contributed by atoms with Crippen LogP contribution in [0.4, 0.5) is 0 Å². The number of nitrogens with one attached hydrogen (secondary N) is 1. The second-order valence-electron chi connectivity index (χ2n) is 4.61. The maximum atomic E-state index is 11.7. The maximum absolute atomic E-state index is 11.7. The molecule has 120 valence electrons. The van der Waals surface area contributed by atoms with Crippen LogP contribution in [0.5, 0.6) is 0 Å². The molecule has 0 saturated heterocycles. The van der Waals surface area contributed by atoms with Gasteiger partial charge in [0.1, 0.15) is 6.54 Å². The van der Waals surface area contributed by atoms with E-state index in [1.807, 2.05) is 23.8 Å². The number of rotatable bonds is 7. The van der Waals surface area contributed by atoms with Crippen molar-refractivity contribution >= 4 is 28.0 Å². The molecule has 3 N–H and O–H groups in total. The molecule has 0 unspecified atom stereocenters.